The molecular weight excluding hydrogens is 238 g/mol. The molecule has 1 atom stereocenters. The van der Waals surface area contributed by atoms with E-state index >= 15 is 0 Å². The molecule has 1 aliphatic heterocycles. The summed E-state index contributed by atoms with van der Waals surface area (Å²) in [5.74, 6) is 1.47. The van der Waals surface area contributed by atoms with Crippen molar-refractivity contribution >= 4 is 16.8 Å². The van der Waals surface area contributed by atoms with Crippen LogP contribution >= 0.6 is 0 Å². The first-order valence-electron chi connectivity index (χ1n) is 7.01. The van der Waals surface area contributed by atoms with Crippen molar-refractivity contribution in [2.75, 3.05) is 31.6 Å². The number of nitrogens with zero attached hydrogens (tertiary/aromatic N) is 2. The van der Waals surface area contributed by atoms with Gasteiger partial charge in [0.05, 0.1) is 0 Å². The van der Waals surface area contributed by atoms with E-state index < -0.39 is 0 Å². The highest BCUT2D eigenvalue weighted by molar-refractivity contribution is 5.77. The second kappa shape index (κ2) is 5.21. The number of fused-ring (bicyclic) bond motifs is 1. The van der Waals surface area contributed by atoms with Crippen LogP contribution in [0.1, 0.15) is 18.7 Å². The zero-order valence-electron chi connectivity index (χ0n) is 11.6. The Labute approximate surface area is 113 Å². The molecule has 1 aromatic carbocycles. The van der Waals surface area contributed by atoms with Crippen molar-refractivity contribution in [2.24, 2.45) is 5.92 Å². The van der Waals surface area contributed by atoms with Gasteiger partial charge >= 0.3 is 0 Å². The van der Waals surface area contributed by atoms with Crippen molar-refractivity contribution in [3.05, 3.63) is 24.1 Å². The van der Waals surface area contributed by atoms with E-state index in [0.717, 1.165) is 36.0 Å². The molecule has 1 saturated heterocycles. The van der Waals surface area contributed by atoms with E-state index in [-0.39, 0.29) is 0 Å². The molecule has 2 aromatic rings. The monoisotopic (exact) mass is 259 g/mol. The van der Waals surface area contributed by atoms with Gasteiger partial charge in [-0.3, -0.25) is 0 Å². The molecule has 1 aromatic heterocycles. The van der Waals surface area contributed by atoms with Gasteiger partial charge in [0.1, 0.15) is 5.52 Å². The van der Waals surface area contributed by atoms with Crippen LogP contribution in [0.5, 0.6) is 0 Å². The summed E-state index contributed by atoms with van der Waals surface area (Å²) in [4.78, 5) is 6.72. The van der Waals surface area contributed by atoms with Crippen molar-refractivity contribution < 1.29 is 4.42 Å². The highest BCUT2D eigenvalue weighted by Crippen LogP contribution is 2.23. The zero-order valence-corrected chi connectivity index (χ0v) is 11.6. The van der Waals surface area contributed by atoms with Crippen LogP contribution in [0.3, 0.4) is 0 Å². The summed E-state index contributed by atoms with van der Waals surface area (Å²) < 4.78 is 5.51. The van der Waals surface area contributed by atoms with Crippen LogP contribution in [-0.4, -0.2) is 31.7 Å². The summed E-state index contributed by atoms with van der Waals surface area (Å²) in [6.45, 7) is 5.28. The minimum absolute atomic E-state index is 0.728. The number of oxazole rings is 1. The summed E-state index contributed by atoms with van der Waals surface area (Å²) in [5.41, 5.74) is 3.03. The first kappa shape index (κ1) is 12.5. The maximum atomic E-state index is 5.51. The fraction of sp³-hybridized carbons (Fsp3) is 0.533. The van der Waals surface area contributed by atoms with E-state index in [4.69, 9.17) is 4.42 Å². The first-order chi connectivity index (χ1) is 9.22. The molecule has 1 unspecified atom stereocenters. The van der Waals surface area contributed by atoms with Gasteiger partial charge in [-0.25, -0.2) is 4.98 Å². The van der Waals surface area contributed by atoms with Gasteiger partial charge in [-0.05, 0) is 50.0 Å². The molecule has 0 bridgehead atoms. The van der Waals surface area contributed by atoms with Crippen LogP contribution in [0.25, 0.3) is 11.1 Å². The van der Waals surface area contributed by atoms with E-state index in [1.165, 1.54) is 25.1 Å². The number of anilines is 1. The van der Waals surface area contributed by atoms with Crippen molar-refractivity contribution in [3.8, 4) is 0 Å². The maximum Gasteiger partial charge on any atom is 0.192 e. The predicted molar refractivity (Wildman–Crippen MR) is 77.6 cm³/mol. The smallest absolute Gasteiger partial charge is 0.192 e. The Morgan fingerprint density at radius 1 is 1.47 bits per heavy atom. The van der Waals surface area contributed by atoms with Gasteiger partial charge in [0.15, 0.2) is 11.5 Å². The number of rotatable bonds is 3. The fourth-order valence-electron chi connectivity index (χ4n) is 2.84. The van der Waals surface area contributed by atoms with Crippen LogP contribution in [0.2, 0.25) is 0 Å². The van der Waals surface area contributed by atoms with Crippen LogP contribution in [0.4, 0.5) is 5.69 Å². The molecule has 1 aliphatic rings. The molecule has 0 amide bonds. The number of aryl methyl sites for hydroxylation is 1. The quantitative estimate of drug-likeness (QED) is 0.920. The lowest BCUT2D eigenvalue weighted by molar-refractivity contribution is 0.381. The van der Waals surface area contributed by atoms with E-state index in [1.54, 1.807) is 0 Å². The summed E-state index contributed by atoms with van der Waals surface area (Å²) in [6, 6.07) is 6.24. The van der Waals surface area contributed by atoms with Gasteiger partial charge in [0.25, 0.3) is 0 Å². The average Bonchev–Trinajstić information content (AvgIpc) is 2.78. The standard InChI is InChI=1S/C15H21N3O/c1-11-17-14-8-13(5-6-15(14)19-11)18(2)10-12-4-3-7-16-9-12/h5-6,8,12,16H,3-4,7,9-10H2,1-2H3. The SMILES string of the molecule is Cc1nc2cc(N(C)CC3CCCNC3)ccc2o1. The van der Waals surface area contributed by atoms with E-state index in [1.807, 2.05) is 13.0 Å². The van der Waals surface area contributed by atoms with Gasteiger partial charge < -0.3 is 14.6 Å². The van der Waals surface area contributed by atoms with Gasteiger partial charge in [-0.2, -0.15) is 0 Å². The topological polar surface area (TPSA) is 41.3 Å². The lowest BCUT2D eigenvalue weighted by atomic mass is 9.99. The van der Waals surface area contributed by atoms with Gasteiger partial charge in [-0.1, -0.05) is 0 Å². The molecule has 0 aliphatic carbocycles. The number of benzene rings is 1. The Kier molecular flexibility index (Phi) is 3.42. The third-order valence-corrected chi connectivity index (χ3v) is 3.85. The highest BCUT2D eigenvalue weighted by atomic mass is 16.3. The van der Waals surface area contributed by atoms with Crippen molar-refractivity contribution in [1.82, 2.24) is 10.3 Å². The Morgan fingerprint density at radius 2 is 2.37 bits per heavy atom. The molecular formula is C15H21N3O. The van der Waals surface area contributed by atoms with Gasteiger partial charge in [0, 0.05) is 26.2 Å². The predicted octanol–water partition coefficient (Wildman–Crippen LogP) is 2.57. The summed E-state index contributed by atoms with van der Waals surface area (Å²) in [6.07, 6.45) is 2.61. The normalized spacial score (nSPS) is 19.8. The lowest BCUT2D eigenvalue weighted by Gasteiger charge is -2.28. The Balaban J connectivity index is 1.74. The molecule has 0 radical (unpaired) electrons. The van der Waals surface area contributed by atoms with Gasteiger partial charge in [0.2, 0.25) is 0 Å². The number of hydrogen-bond donors (Lipinski definition) is 1. The van der Waals surface area contributed by atoms with Crippen LogP contribution < -0.4 is 10.2 Å². The molecule has 0 spiro atoms. The number of piperidine rings is 1. The van der Waals surface area contributed by atoms with Crippen LogP contribution in [-0.2, 0) is 0 Å². The number of hydrogen-bond acceptors (Lipinski definition) is 4. The third-order valence-electron chi connectivity index (χ3n) is 3.85. The Bertz CT molecular complexity index is 558. The van der Waals surface area contributed by atoms with E-state index in [2.05, 4.69) is 34.4 Å². The molecule has 1 fully saturated rings. The number of nitrogens with one attached hydrogen (secondary N) is 1. The fourth-order valence-corrected chi connectivity index (χ4v) is 2.84. The van der Waals surface area contributed by atoms with E-state index in [0.29, 0.717) is 0 Å². The van der Waals surface area contributed by atoms with Crippen molar-refractivity contribution in [2.45, 2.75) is 19.8 Å². The minimum Gasteiger partial charge on any atom is -0.441 e. The molecule has 4 heteroatoms. The Morgan fingerprint density at radius 3 is 3.16 bits per heavy atom. The molecule has 19 heavy (non-hydrogen) atoms. The third kappa shape index (κ3) is 2.73. The van der Waals surface area contributed by atoms with Crippen LogP contribution in [0, 0.1) is 12.8 Å². The largest absolute Gasteiger partial charge is 0.441 e. The van der Waals surface area contributed by atoms with Crippen molar-refractivity contribution in [1.29, 1.82) is 0 Å². The zero-order chi connectivity index (χ0) is 13.2. The summed E-state index contributed by atoms with van der Waals surface area (Å²) in [7, 11) is 2.16. The van der Waals surface area contributed by atoms with Crippen LogP contribution in [0.15, 0.2) is 22.6 Å². The molecule has 1 N–H and O–H groups in total. The number of aromatic nitrogens is 1. The van der Waals surface area contributed by atoms with Crippen molar-refractivity contribution in [3.63, 3.8) is 0 Å². The molecule has 4 nitrogen and oxygen atoms in total. The average molecular weight is 259 g/mol. The highest BCUT2D eigenvalue weighted by Gasteiger charge is 2.15. The minimum atomic E-state index is 0.728. The molecule has 0 saturated carbocycles. The molecule has 2 heterocycles. The Hall–Kier alpha value is -1.55. The molecule has 102 valence electrons. The first-order valence-corrected chi connectivity index (χ1v) is 7.01. The maximum absolute atomic E-state index is 5.51. The summed E-state index contributed by atoms with van der Waals surface area (Å²) in [5, 5.41) is 3.47. The van der Waals surface area contributed by atoms with Gasteiger partial charge in [-0.15, -0.1) is 0 Å². The second-order valence-corrected chi connectivity index (χ2v) is 5.48. The molecule has 3 rings (SSSR count). The lowest BCUT2D eigenvalue weighted by Crippen LogP contribution is -2.36. The van der Waals surface area contributed by atoms with E-state index in [9.17, 15) is 0 Å². The second-order valence-electron chi connectivity index (χ2n) is 5.48. The summed E-state index contributed by atoms with van der Waals surface area (Å²) >= 11 is 0.